The molecule has 0 aliphatic carbocycles. The zero-order valence-electron chi connectivity index (χ0n) is 15.8. The minimum Gasteiger partial charge on any atom is -0.361 e. The topological polar surface area (TPSA) is 65.7 Å². The minimum atomic E-state index is 0. The molecule has 2 aliphatic heterocycles. The Bertz CT molecular complexity index is 555. The van der Waals surface area contributed by atoms with Crippen LogP contribution in [0.2, 0.25) is 0 Å². The van der Waals surface area contributed by atoms with Crippen LogP contribution in [-0.2, 0) is 6.42 Å². The van der Waals surface area contributed by atoms with Crippen LogP contribution in [0.1, 0.15) is 49.1 Å². The van der Waals surface area contributed by atoms with Crippen molar-refractivity contribution in [2.45, 2.75) is 70.5 Å². The van der Waals surface area contributed by atoms with Crippen LogP contribution in [-0.4, -0.2) is 54.8 Å². The first-order valence-electron chi connectivity index (χ1n) is 9.19. The average Bonchev–Trinajstić information content (AvgIpc) is 2.86. The Labute approximate surface area is 168 Å². The molecular formula is C18H32IN5O. The van der Waals surface area contributed by atoms with Crippen molar-refractivity contribution in [3.8, 4) is 0 Å². The second-order valence-corrected chi connectivity index (χ2v) is 7.27. The highest BCUT2D eigenvalue weighted by molar-refractivity contribution is 14.0. The summed E-state index contributed by atoms with van der Waals surface area (Å²) in [6, 6.07) is 1.99. The number of fused-ring (bicyclic) bond motifs is 2. The van der Waals surface area contributed by atoms with Crippen molar-refractivity contribution in [2.24, 2.45) is 4.99 Å². The first-order valence-corrected chi connectivity index (χ1v) is 9.19. The molecule has 0 amide bonds. The monoisotopic (exact) mass is 461 g/mol. The molecule has 142 valence electrons. The fraction of sp³-hybridized carbons (Fsp3) is 0.778. The van der Waals surface area contributed by atoms with Gasteiger partial charge in [0.25, 0.3) is 0 Å². The lowest BCUT2D eigenvalue weighted by molar-refractivity contribution is 0.0526. The van der Waals surface area contributed by atoms with E-state index in [4.69, 9.17) is 4.52 Å². The van der Waals surface area contributed by atoms with E-state index < -0.39 is 0 Å². The molecule has 0 radical (unpaired) electrons. The lowest BCUT2D eigenvalue weighted by atomic mass is 9.82. The second kappa shape index (κ2) is 9.21. The second-order valence-electron chi connectivity index (χ2n) is 7.27. The van der Waals surface area contributed by atoms with Gasteiger partial charge in [-0.3, -0.25) is 4.99 Å². The number of aliphatic imine (C=N–C) groups is 1. The maximum atomic E-state index is 5.22. The van der Waals surface area contributed by atoms with Gasteiger partial charge >= 0.3 is 0 Å². The largest absolute Gasteiger partial charge is 0.361 e. The number of nitrogens with one attached hydrogen (secondary N) is 2. The van der Waals surface area contributed by atoms with Crippen molar-refractivity contribution >= 4 is 29.9 Å². The third kappa shape index (κ3) is 4.87. The van der Waals surface area contributed by atoms with Crippen molar-refractivity contribution in [1.82, 2.24) is 20.7 Å². The van der Waals surface area contributed by atoms with Gasteiger partial charge in [0.2, 0.25) is 0 Å². The maximum Gasteiger partial charge on any atom is 0.191 e. The number of halogens is 1. The smallest absolute Gasteiger partial charge is 0.191 e. The SMILES string of the molecule is CN=C(NCCc1c(C)noc1C)NC1CC2CCCC(C1)N2C.I. The van der Waals surface area contributed by atoms with Crippen LogP contribution in [0.15, 0.2) is 9.52 Å². The molecule has 2 unspecified atom stereocenters. The van der Waals surface area contributed by atoms with Crippen LogP contribution in [0, 0.1) is 13.8 Å². The van der Waals surface area contributed by atoms with Crippen LogP contribution in [0.4, 0.5) is 0 Å². The van der Waals surface area contributed by atoms with Crippen molar-refractivity contribution in [3.05, 3.63) is 17.0 Å². The summed E-state index contributed by atoms with van der Waals surface area (Å²) in [6.45, 7) is 4.80. The summed E-state index contributed by atoms with van der Waals surface area (Å²) >= 11 is 0. The Balaban J connectivity index is 0.00000225. The molecule has 7 heteroatoms. The van der Waals surface area contributed by atoms with Crippen molar-refractivity contribution in [1.29, 1.82) is 0 Å². The summed E-state index contributed by atoms with van der Waals surface area (Å²) in [5.41, 5.74) is 2.19. The zero-order chi connectivity index (χ0) is 17.1. The number of nitrogens with zero attached hydrogens (tertiary/aromatic N) is 3. The molecule has 25 heavy (non-hydrogen) atoms. The molecule has 3 heterocycles. The maximum absolute atomic E-state index is 5.22. The van der Waals surface area contributed by atoms with Crippen LogP contribution in [0.25, 0.3) is 0 Å². The van der Waals surface area contributed by atoms with Crippen LogP contribution < -0.4 is 10.6 Å². The van der Waals surface area contributed by atoms with Gasteiger partial charge in [-0.1, -0.05) is 11.6 Å². The van der Waals surface area contributed by atoms with Gasteiger partial charge in [-0.25, -0.2) is 0 Å². The van der Waals surface area contributed by atoms with Gasteiger partial charge in [0, 0.05) is 37.3 Å². The van der Waals surface area contributed by atoms with E-state index in [9.17, 15) is 0 Å². The number of aromatic nitrogens is 1. The highest BCUT2D eigenvalue weighted by Crippen LogP contribution is 2.32. The minimum absolute atomic E-state index is 0. The van der Waals surface area contributed by atoms with Gasteiger partial charge in [-0.05, 0) is 53.0 Å². The number of hydrogen-bond donors (Lipinski definition) is 2. The fourth-order valence-corrected chi connectivity index (χ4v) is 4.29. The summed E-state index contributed by atoms with van der Waals surface area (Å²) in [6.07, 6.45) is 7.40. The van der Waals surface area contributed by atoms with E-state index in [1.54, 1.807) is 0 Å². The summed E-state index contributed by atoms with van der Waals surface area (Å²) in [7, 11) is 4.14. The molecule has 2 saturated heterocycles. The van der Waals surface area contributed by atoms with E-state index in [0.29, 0.717) is 6.04 Å². The van der Waals surface area contributed by atoms with E-state index in [0.717, 1.165) is 42.5 Å². The Morgan fingerprint density at radius 1 is 1.28 bits per heavy atom. The van der Waals surface area contributed by atoms with Crippen molar-refractivity contribution in [2.75, 3.05) is 20.6 Å². The lowest BCUT2D eigenvalue weighted by Gasteiger charge is -2.47. The van der Waals surface area contributed by atoms with E-state index in [-0.39, 0.29) is 24.0 Å². The predicted octanol–water partition coefficient (Wildman–Crippen LogP) is 2.63. The molecule has 2 atom stereocenters. The molecule has 1 aromatic heterocycles. The Morgan fingerprint density at radius 2 is 1.96 bits per heavy atom. The molecule has 1 aromatic rings. The third-order valence-corrected chi connectivity index (χ3v) is 5.75. The summed E-state index contributed by atoms with van der Waals surface area (Å²) < 4.78 is 5.22. The van der Waals surface area contributed by atoms with Crippen LogP contribution in [0.3, 0.4) is 0 Å². The molecule has 6 nitrogen and oxygen atoms in total. The molecule has 0 aromatic carbocycles. The van der Waals surface area contributed by atoms with E-state index in [1.165, 1.54) is 37.7 Å². The fourth-order valence-electron chi connectivity index (χ4n) is 4.29. The number of hydrogen-bond acceptors (Lipinski definition) is 4. The highest BCUT2D eigenvalue weighted by Gasteiger charge is 2.36. The Kier molecular flexibility index (Phi) is 7.54. The normalized spacial score (nSPS) is 26.9. The van der Waals surface area contributed by atoms with Crippen molar-refractivity contribution in [3.63, 3.8) is 0 Å². The molecule has 0 spiro atoms. The zero-order valence-corrected chi connectivity index (χ0v) is 18.2. The van der Waals surface area contributed by atoms with Gasteiger partial charge in [0.05, 0.1) is 5.69 Å². The van der Waals surface area contributed by atoms with Crippen LogP contribution in [0.5, 0.6) is 0 Å². The molecule has 0 saturated carbocycles. The van der Waals surface area contributed by atoms with Gasteiger partial charge in [-0.15, -0.1) is 24.0 Å². The number of guanidine groups is 1. The predicted molar refractivity (Wildman–Crippen MR) is 112 cm³/mol. The summed E-state index contributed by atoms with van der Waals surface area (Å²) in [4.78, 5) is 6.99. The molecule has 2 N–H and O–H groups in total. The molecule has 3 rings (SSSR count). The lowest BCUT2D eigenvalue weighted by Crippen LogP contribution is -2.56. The number of aryl methyl sites for hydroxylation is 2. The van der Waals surface area contributed by atoms with Gasteiger partial charge in [0.15, 0.2) is 5.96 Å². The Morgan fingerprint density at radius 3 is 2.52 bits per heavy atom. The van der Waals surface area contributed by atoms with Crippen molar-refractivity contribution < 1.29 is 4.52 Å². The molecule has 2 bridgehead atoms. The van der Waals surface area contributed by atoms with Gasteiger partial charge in [-0.2, -0.15) is 0 Å². The first kappa shape index (κ1) is 20.5. The van der Waals surface area contributed by atoms with E-state index >= 15 is 0 Å². The van der Waals surface area contributed by atoms with E-state index in [2.05, 4.69) is 32.7 Å². The molecule has 2 fully saturated rings. The quantitative estimate of drug-likeness (QED) is 0.410. The average molecular weight is 461 g/mol. The summed E-state index contributed by atoms with van der Waals surface area (Å²) in [5.74, 6) is 1.83. The van der Waals surface area contributed by atoms with E-state index in [1.807, 2.05) is 20.9 Å². The summed E-state index contributed by atoms with van der Waals surface area (Å²) in [5, 5.41) is 11.1. The molecular weight excluding hydrogens is 429 g/mol. The standard InChI is InChI=1S/C18H31N5O.HI/c1-12-17(13(2)24-22-12)8-9-20-18(19-3)21-14-10-15-6-5-7-16(11-14)23(15)4;/h14-16H,5-11H2,1-4H3,(H2,19,20,21);1H. The third-order valence-electron chi connectivity index (χ3n) is 5.75. The van der Waals surface area contributed by atoms with Gasteiger partial charge in [0.1, 0.15) is 5.76 Å². The number of piperidine rings is 2. The molecule has 2 aliphatic rings. The first-order chi connectivity index (χ1) is 11.6. The van der Waals surface area contributed by atoms with Crippen LogP contribution >= 0.6 is 24.0 Å². The Hall–Kier alpha value is -0.830. The van der Waals surface area contributed by atoms with Gasteiger partial charge < -0.3 is 20.1 Å². The number of rotatable bonds is 4. The highest BCUT2D eigenvalue weighted by atomic mass is 127.